The molecule has 1 aromatic rings. The lowest BCUT2D eigenvalue weighted by Gasteiger charge is -2.10. The highest BCUT2D eigenvalue weighted by Crippen LogP contribution is 2.33. The zero-order valence-corrected chi connectivity index (χ0v) is 9.66. The molecule has 2 rings (SSSR count). The van der Waals surface area contributed by atoms with Crippen LogP contribution in [0.3, 0.4) is 0 Å². The van der Waals surface area contributed by atoms with E-state index in [1.807, 2.05) is 0 Å². The molecule has 0 bridgehead atoms. The molecule has 1 atom stereocenters. The van der Waals surface area contributed by atoms with Crippen LogP contribution in [0.2, 0.25) is 0 Å². The predicted molar refractivity (Wildman–Crippen MR) is 59.9 cm³/mol. The Morgan fingerprint density at radius 2 is 2.27 bits per heavy atom. The zero-order valence-electron chi connectivity index (χ0n) is 9.66. The number of hydrogen-bond donors (Lipinski definition) is 1. The van der Waals surface area contributed by atoms with Gasteiger partial charge in [-0.25, -0.2) is 0 Å². The quantitative estimate of drug-likeness (QED) is 0.807. The molecule has 0 amide bonds. The number of aromatic nitrogens is 1. The number of anilines is 1. The Hall–Kier alpha value is -1.03. The fraction of sp³-hybridized carbons (Fsp3) is 0.727. The predicted octanol–water partition coefficient (Wildman–Crippen LogP) is 1.80. The molecule has 1 unspecified atom stereocenters. The van der Waals surface area contributed by atoms with Gasteiger partial charge in [0.25, 0.3) is 6.01 Å². The molecule has 1 saturated heterocycles. The van der Waals surface area contributed by atoms with Crippen molar-refractivity contribution < 1.29 is 4.42 Å². The average molecular weight is 209 g/mol. The first-order chi connectivity index (χ1) is 7.08. The van der Waals surface area contributed by atoms with Crippen LogP contribution in [-0.2, 0) is 0 Å². The maximum Gasteiger partial charge on any atom is 0.292 e. The number of nitrogens with two attached hydrogens (primary N) is 1. The molecule has 2 N–H and O–H groups in total. The van der Waals surface area contributed by atoms with E-state index in [2.05, 4.69) is 30.8 Å². The molecule has 0 spiro atoms. The highest BCUT2D eigenvalue weighted by atomic mass is 16.4. The van der Waals surface area contributed by atoms with Gasteiger partial charge in [0.2, 0.25) is 0 Å². The second-order valence-electron chi connectivity index (χ2n) is 4.70. The summed E-state index contributed by atoms with van der Waals surface area (Å²) in [5.74, 6) is 1.86. The van der Waals surface area contributed by atoms with Gasteiger partial charge in [-0.2, -0.15) is 4.98 Å². The second-order valence-corrected chi connectivity index (χ2v) is 4.70. The molecule has 1 aliphatic heterocycles. The van der Waals surface area contributed by atoms with E-state index in [0.29, 0.717) is 17.9 Å². The summed E-state index contributed by atoms with van der Waals surface area (Å²) in [4.78, 5) is 6.59. The van der Waals surface area contributed by atoms with Crippen molar-refractivity contribution in [1.82, 2.24) is 9.88 Å². The number of nitrogens with zero attached hydrogens (tertiary/aromatic N) is 2. The Morgan fingerprint density at radius 3 is 2.80 bits per heavy atom. The number of nitrogen functional groups attached to an aromatic ring is 1. The fourth-order valence-corrected chi connectivity index (χ4v) is 2.22. The Morgan fingerprint density at radius 1 is 1.53 bits per heavy atom. The number of likely N-dealkylation sites (N-methyl/N-ethyl adjacent to an activating group) is 1. The molecule has 1 fully saturated rings. The van der Waals surface area contributed by atoms with Crippen LogP contribution in [-0.4, -0.2) is 30.0 Å². The summed E-state index contributed by atoms with van der Waals surface area (Å²) in [5, 5.41) is 0. The molecule has 15 heavy (non-hydrogen) atoms. The molecule has 0 aromatic carbocycles. The minimum absolute atomic E-state index is 0.309. The Kier molecular flexibility index (Phi) is 2.69. The topological polar surface area (TPSA) is 55.3 Å². The molecular weight excluding hydrogens is 190 g/mol. The van der Waals surface area contributed by atoms with Gasteiger partial charge in [-0.15, -0.1) is 0 Å². The summed E-state index contributed by atoms with van der Waals surface area (Å²) < 4.78 is 5.55. The van der Waals surface area contributed by atoms with E-state index in [1.54, 1.807) is 0 Å². The Bertz CT molecular complexity index is 346. The first-order valence-electron chi connectivity index (χ1n) is 5.52. The van der Waals surface area contributed by atoms with Gasteiger partial charge in [0.15, 0.2) is 0 Å². The van der Waals surface area contributed by atoms with Crippen LogP contribution in [0.1, 0.15) is 43.6 Å². The molecule has 4 heteroatoms. The van der Waals surface area contributed by atoms with Crippen molar-refractivity contribution in [3.05, 3.63) is 11.5 Å². The molecule has 4 nitrogen and oxygen atoms in total. The summed E-state index contributed by atoms with van der Waals surface area (Å²) in [6.45, 7) is 6.43. The lowest BCUT2D eigenvalue weighted by Crippen LogP contribution is -2.13. The lowest BCUT2D eigenvalue weighted by molar-refractivity contribution is 0.397. The smallest absolute Gasteiger partial charge is 0.292 e. The maximum absolute atomic E-state index is 5.63. The second kappa shape index (κ2) is 3.85. The fourth-order valence-electron chi connectivity index (χ4n) is 2.22. The van der Waals surface area contributed by atoms with E-state index >= 15 is 0 Å². The van der Waals surface area contributed by atoms with E-state index in [4.69, 9.17) is 10.2 Å². The third-order valence-electron chi connectivity index (χ3n) is 3.01. The molecule has 0 aliphatic carbocycles. The van der Waals surface area contributed by atoms with Crippen LogP contribution >= 0.6 is 0 Å². The van der Waals surface area contributed by atoms with Gasteiger partial charge in [0.1, 0.15) is 5.76 Å². The minimum Gasteiger partial charge on any atom is -0.428 e. The number of oxazole rings is 1. The maximum atomic E-state index is 5.63. The molecule has 2 heterocycles. The van der Waals surface area contributed by atoms with E-state index < -0.39 is 0 Å². The number of rotatable bonds is 2. The SMILES string of the molecule is CC(C)c1nc(N)oc1C1CCN(C)C1. The first-order valence-corrected chi connectivity index (χ1v) is 5.52. The van der Waals surface area contributed by atoms with Gasteiger partial charge in [-0.05, 0) is 25.9 Å². The summed E-state index contributed by atoms with van der Waals surface area (Å²) in [6, 6.07) is 0.309. The molecule has 0 radical (unpaired) electrons. The van der Waals surface area contributed by atoms with Gasteiger partial charge in [0.05, 0.1) is 5.69 Å². The minimum atomic E-state index is 0.309. The van der Waals surface area contributed by atoms with Crippen LogP contribution < -0.4 is 5.73 Å². The third-order valence-corrected chi connectivity index (χ3v) is 3.01. The van der Waals surface area contributed by atoms with E-state index in [0.717, 1.165) is 31.0 Å². The van der Waals surface area contributed by atoms with E-state index in [-0.39, 0.29) is 0 Å². The van der Waals surface area contributed by atoms with Gasteiger partial charge >= 0.3 is 0 Å². The van der Waals surface area contributed by atoms with Crippen LogP contribution in [0.4, 0.5) is 6.01 Å². The largest absolute Gasteiger partial charge is 0.428 e. The summed E-state index contributed by atoms with van der Waals surface area (Å²) in [6.07, 6.45) is 1.14. The molecular formula is C11H19N3O. The van der Waals surface area contributed by atoms with Crippen LogP contribution in [0.5, 0.6) is 0 Å². The summed E-state index contributed by atoms with van der Waals surface area (Å²) >= 11 is 0. The normalized spacial score (nSPS) is 22.8. The van der Waals surface area contributed by atoms with Crippen LogP contribution in [0.15, 0.2) is 4.42 Å². The van der Waals surface area contributed by atoms with Crippen LogP contribution in [0, 0.1) is 0 Å². The number of hydrogen-bond acceptors (Lipinski definition) is 4. The zero-order chi connectivity index (χ0) is 11.0. The van der Waals surface area contributed by atoms with Crippen molar-refractivity contribution in [3.63, 3.8) is 0 Å². The average Bonchev–Trinajstić information content (AvgIpc) is 2.71. The summed E-state index contributed by atoms with van der Waals surface area (Å²) in [5.41, 5.74) is 6.66. The molecule has 0 saturated carbocycles. The molecule has 1 aromatic heterocycles. The van der Waals surface area contributed by atoms with Crippen molar-refractivity contribution in [2.75, 3.05) is 25.9 Å². The highest BCUT2D eigenvalue weighted by Gasteiger charge is 2.28. The van der Waals surface area contributed by atoms with Crippen molar-refractivity contribution in [1.29, 1.82) is 0 Å². The third kappa shape index (κ3) is 2.00. The van der Waals surface area contributed by atoms with Gasteiger partial charge < -0.3 is 15.1 Å². The monoisotopic (exact) mass is 209 g/mol. The van der Waals surface area contributed by atoms with Crippen LogP contribution in [0.25, 0.3) is 0 Å². The Balaban J connectivity index is 2.26. The van der Waals surface area contributed by atoms with Crippen molar-refractivity contribution in [2.24, 2.45) is 0 Å². The van der Waals surface area contributed by atoms with Crippen molar-refractivity contribution in [2.45, 2.75) is 32.1 Å². The first kappa shape index (κ1) is 10.5. The van der Waals surface area contributed by atoms with Gasteiger partial charge in [0, 0.05) is 12.5 Å². The summed E-state index contributed by atoms with van der Waals surface area (Å²) in [7, 11) is 2.13. The highest BCUT2D eigenvalue weighted by molar-refractivity contribution is 5.26. The molecule has 1 aliphatic rings. The van der Waals surface area contributed by atoms with E-state index in [1.165, 1.54) is 0 Å². The molecule has 84 valence electrons. The van der Waals surface area contributed by atoms with E-state index in [9.17, 15) is 0 Å². The van der Waals surface area contributed by atoms with Crippen molar-refractivity contribution >= 4 is 6.01 Å². The number of likely N-dealkylation sites (tertiary alicyclic amines) is 1. The van der Waals surface area contributed by atoms with Gasteiger partial charge in [-0.3, -0.25) is 0 Å². The Labute approximate surface area is 90.5 Å². The van der Waals surface area contributed by atoms with Crippen molar-refractivity contribution in [3.8, 4) is 0 Å². The lowest BCUT2D eigenvalue weighted by atomic mass is 9.99. The standard InChI is InChI=1S/C11H19N3O/c1-7(2)9-10(15-11(12)13-9)8-4-5-14(3)6-8/h7-8H,4-6H2,1-3H3,(H2,12,13). The van der Waals surface area contributed by atoms with Gasteiger partial charge in [-0.1, -0.05) is 13.8 Å².